The van der Waals surface area contributed by atoms with E-state index in [4.69, 9.17) is 5.73 Å². The summed E-state index contributed by atoms with van der Waals surface area (Å²) in [5, 5.41) is 0. The maximum Gasteiger partial charge on any atom is 0.154 e. The second kappa shape index (κ2) is 5.55. The largest absolute Gasteiger partial charge is 0.321 e. The lowest BCUT2D eigenvalue weighted by Crippen LogP contribution is -2.36. The molecule has 0 bridgehead atoms. The molecule has 0 spiro atoms. The number of hydrogen-bond acceptors (Lipinski definition) is 2. The topological polar surface area (TPSA) is 43.1 Å². The van der Waals surface area contributed by atoms with Crippen molar-refractivity contribution in [1.29, 1.82) is 0 Å². The van der Waals surface area contributed by atoms with Gasteiger partial charge in [-0.05, 0) is 23.6 Å². The molecule has 0 aliphatic rings. The van der Waals surface area contributed by atoms with Gasteiger partial charge in [0, 0.05) is 10.9 Å². The summed E-state index contributed by atoms with van der Waals surface area (Å²) in [5.74, 6) is -0.231. The molecule has 0 radical (unpaired) electrons. The number of carbonyl (C=O) groups is 1. The van der Waals surface area contributed by atoms with Gasteiger partial charge >= 0.3 is 0 Å². The molecule has 1 atom stereocenters. The lowest BCUT2D eigenvalue weighted by Gasteiger charge is -2.14. The van der Waals surface area contributed by atoms with Gasteiger partial charge in [-0.3, -0.25) is 4.79 Å². The maximum atomic E-state index is 12.8. The third-order valence-corrected chi connectivity index (χ3v) is 3.21. The van der Waals surface area contributed by atoms with Crippen LogP contribution in [0, 0.1) is 11.7 Å². The Hall–Kier alpha value is -0.740. The monoisotopic (exact) mass is 287 g/mol. The molecule has 0 fully saturated rings. The van der Waals surface area contributed by atoms with E-state index in [1.54, 1.807) is 6.07 Å². The molecular formula is C12H15BrFNO. The van der Waals surface area contributed by atoms with Crippen LogP contribution in [0.2, 0.25) is 0 Å². The Morgan fingerprint density at radius 2 is 2.12 bits per heavy atom. The molecule has 88 valence electrons. The zero-order valence-corrected chi connectivity index (χ0v) is 10.9. The predicted molar refractivity (Wildman–Crippen MR) is 65.6 cm³/mol. The van der Waals surface area contributed by atoms with Crippen molar-refractivity contribution in [3.05, 3.63) is 34.1 Å². The van der Waals surface area contributed by atoms with Crippen molar-refractivity contribution in [2.24, 2.45) is 11.7 Å². The van der Waals surface area contributed by atoms with Gasteiger partial charge in [-0.1, -0.05) is 35.8 Å². The van der Waals surface area contributed by atoms with E-state index < -0.39 is 6.04 Å². The highest BCUT2D eigenvalue weighted by atomic mass is 79.9. The fraction of sp³-hybridized carbons (Fsp3) is 0.417. The fourth-order valence-corrected chi connectivity index (χ4v) is 1.83. The molecule has 0 heterocycles. The molecule has 0 amide bonds. The molecule has 0 aromatic heterocycles. The Morgan fingerprint density at radius 3 is 2.62 bits per heavy atom. The average molecular weight is 288 g/mol. The first kappa shape index (κ1) is 13.3. The number of hydrogen-bond donors (Lipinski definition) is 1. The van der Waals surface area contributed by atoms with E-state index in [0.29, 0.717) is 4.47 Å². The van der Waals surface area contributed by atoms with E-state index in [-0.39, 0.29) is 23.9 Å². The van der Waals surface area contributed by atoms with E-state index >= 15 is 0 Å². The summed E-state index contributed by atoms with van der Waals surface area (Å²) in [6.07, 6.45) is 0.236. The SMILES string of the molecule is CC(C)C(N)C(=O)Cc1ccc(F)cc1Br. The Kier molecular flexibility index (Phi) is 4.62. The summed E-state index contributed by atoms with van der Waals surface area (Å²) in [5.41, 5.74) is 6.52. The van der Waals surface area contributed by atoms with Crippen LogP contribution in [0.3, 0.4) is 0 Å². The third kappa shape index (κ3) is 3.39. The minimum absolute atomic E-state index is 0.0256. The van der Waals surface area contributed by atoms with Crippen molar-refractivity contribution in [3.8, 4) is 0 Å². The normalized spacial score (nSPS) is 12.9. The number of rotatable bonds is 4. The first-order chi connectivity index (χ1) is 7.41. The van der Waals surface area contributed by atoms with E-state index in [1.165, 1.54) is 12.1 Å². The minimum atomic E-state index is -0.461. The number of nitrogens with two attached hydrogens (primary N) is 1. The molecule has 0 saturated carbocycles. The fourth-order valence-electron chi connectivity index (χ4n) is 1.34. The molecule has 1 aromatic carbocycles. The van der Waals surface area contributed by atoms with Gasteiger partial charge in [-0.25, -0.2) is 4.39 Å². The van der Waals surface area contributed by atoms with Crippen LogP contribution in [0.4, 0.5) is 4.39 Å². The predicted octanol–water partition coefficient (Wildman–Crippen LogP) is 2.68. The zero-order chi connectivity index (χ0) is 12.3. The molecule has 2 nitrogen and oxygen atoms in total. The molecule has 4 heteroatoms. The molecule has 1 rings (SSSR count). The first-order valence-corrected chi connectivity index (χ1v) is 5.93. The van der Waals surface area contributed by atoms with Crippen LogP contribution in [-0.2, 0) is 11.2 Å². The van der Waals surface area contributed by atoms with Gasteiger partial charge in [-0.2, -0.15) is 0 Å². The second-order valence-corrected chi connectivity index (χ2v) is 5.00. The Morgan fingerprint density at radius 1 is 1.50 bits per heavy atom. The highest BCUT2D eigenvalue weighted by molar-refractivity contribution is 9.10. The van der Waals surface area contributed by atoms with E-state index in [9.17, 15) is 9.18 Å². The van der Waals surface area contributed by atoms with Gasteiger partial charge in [0.15, 0.2) is 5.78 Å². The van der Waals surface area contributed by atoms with Crippen LogP contribution < -0.4 is 5.73 Å². The number of halogens is 2. The van der Waals surface area contributed by atoms with Crippen LogP contribution in [0.1, 0.15) is 19.4 Å². The van der Waals surface area contributed by atoms with Crippen molar-refractivity contribution in [2.75, 3.05) is 0 Å². The summed E-state index contributed by atoms with van der Waals surface area (Å²) >= 11 is 3.23. The second-order valence-electron chi connectivity index (χ2n) is 4.15. The molecule has 1 unspecified atom stereocenters. The van der Waals surface area contributed by atoms with Gasteiger partial charge in [-0.15, -0.1) is 0 Å². The molecule has 2 N–H and O–H groups in total. The Bertz CT molecular complexity index is 393. The minimum Gasteiger partial charge on any atom is -0.321 e. The van der Waals surface area contributed by atoms with Crippen LogP contribution >= 0.6 is 15.9 Å². The van der Waals surface area contributed by atoms with Crippen molar-refractivity contribution in [2.45, 2.75) is 26.3 Å². The lowest BCUT2D eigenvalue weighted by molar-refractivity contribution is -0.120. The quantitative estimate of drug-likeness (QED) is 0.925. The maximum absolute atomic E-state index is 12.8. The molecule has 0 aliphatic heterocycles. The molecule has 0 saturated heterocycles. The first-order valence-electron chi connectivity index (χ1n) is 5.14. The van der Waals surface area contributed by atoms with Gasteiger partial charge in [0.2, 0.25) is 0 Å². The van der Waals surface area contributed by atoms with Crippen molar-refractivity contribution < 1.29 is 9.18 Å². The van der Waals surface area contributed by atoms with E-state index in [1.807, 2.05) is 13.8 Å². The van der Waals surface area contributed by atoms with Gasteiger partial charge in [0.05, 0.1) is 6.04 Å². The van der Waals surface area contributed by atoms with Gasteiger partial charge in [0.1, 0.15) is 5.82 Å². The summed E-state index contributed by atoms with van der Waals surface area (Å²) in [4.78, 5) is 11.8. The standard InChI is InChI=1S/C12H15BrFNO/c1-7(2)12(15)11(16)5-8-3-4-9(14)6-10(8)13/h3-4,6-7,12H,5,15H2,1-2H3. The number of carbonyl (C=O) groups excluding carboxylic acids is 1. The van der Waals surface area contributed by atoms with E-state index in [2.05, 4.69) is 15.9 Å². The van der Waals surface area contributed by atoms with Crippen LogP contribution in [0.25, 0.3) is 0 Å². The van der Waals surface area contributed by atoms with Crippen LogP contribution in [-0.4, -0.2) is 11.8 Å². The number of ketones is 1. The molecule has 1 aromatic rings. The van der Waals surface area contributed by atoms with Crippen molar-refractivity contribution in [3.63, 3.8) is 0 Å². The van der Waals surface area contributed by atoms with Crippen LogP contribution in [0.5, 0.6) is 0 Å². The zero-order valence-electron chi connectivity index (χ0n) is 9.34. The van der Waals surface area contributed by atoms with Gasteiger partial charge < -0.3 is 5.73 Å². The molecule has 0 aliphatic carbocycles. The van der Waals surface area contributed by atoms with E-state index in [0.717, 1.165) is 5.56 Å². The highest BCUT2D eigenvalue weighted by Gasteiger charge is 2.18. The van der Waals surface area contributed by atoms with Gasteiger partial charge in [0.25, 0.3) is 0 Å². The van der Waals surface area contributed by atoms with Crippen molar-refractivity contribution >= 4 is 21.7 Å². The summed E-state index contributed by atoms with van der Waals surface area (Å²) in [6, 6.07) is 3.83. The number of Topliss-reactive ketones (excluding diaryl/α,β-unsaturated/α-hetero) is 1. The third-order valence-electron chi connectivity index (χ3n) is 2.47. The van der Waals surface area contributed by atoms with Crippen LogP contribution in [0.15, 0.2) is 22.7 Å². The Balaban J connectivity index is 2.77. The summed E-state index contributed by atoms with van der Waals surface area (Å²) in [6.45, 7) is 3.81. The highest BCUT2D eigenvalue weighted by Crippen LogP contribution is 2.19. The Labute approximate surface area is 103 Å². The molecular weight excluding hydrogens is 273 g/mol. The smallest absolute Gasteiger partial charge is 0.154 e. The lowest BCUT2D eigenvalue weighted by atomic mass is 9.96. The summed E-state index contributed by atoms with van der Waals surface area (Å²) < 4.78 is 13.4. The average Bonchev–Trinajstić information content (AvgIpc) is 2.20. The van der Waals surface area contributed by atoms with Crippen molar-refractivity contribution in [1.82, 2.24) is 0 Å². The summed E-state index contributed by atoms with van der Waals surface area (Å²) in [7, 11) is 0. The number of benzene rings is 1. The molecule has 16 heavy (non-hydrogen) atoms.